The highest BCUT2D eigenvalue weighted by Crippen LogP contribution is 2.27. The number of carbonyl (C=O) groups is 1. The van der Waals surface area contributed by atoms with Gasteiger partial charge in [0.15, 0.2) is 0 Å². The van der Waals surface area contributed by atoms with Crippen molar-refractivity contribution in [2.24, 2.45) is 0 Å². The molecule has 0 unspecified atom stereocenters. The van der Waals surface area contributed by atoms with Crippen LogP contribution in [0.5, 0.6) is 5.75 Å². The molecule has 28 heavy (non-hydrogen) atoms. The van der Waals surface area contributed by atoms with E-state index in [2.05, 4.69) is 27.5 Å². The summed E-state index contributed by atoms with van der Waals surface area (Å²) in [5.74, 6) is 0.748. The van der Waals surface area contributed by atoms with Gasteiger partial charge in [-0.3, -0.25) is 0 Å². The summed E-state index contributed by atoms with van der Waals surface area (Å²) in [6.07, 6.45) is -2.43. The van der Waals surface area contributed by atoms with E-state index in [4.69, 9.17) is 4.74 Å². The number of rotatable bonds is 8. The van der Waals surface area contributed by atoms with Crippen LogP contribution in [0.3, 0.4) is 0 Å². The SMILES string of the molecule is CCCCOc1ccc(NC(=O)NCCc2nc(C)cc(C(F)(F)F)n2)cc1. The summed E-state index contributed by atoms with van der Waals surface area (Å²) in [6.45, 7) is 4.29. The van der Waals surface area contributed by atoms with Crippen molar-refractivity contribution in [3.8, 4) is 5.75 Å². The third kappa shape index (κ3) is 7.05. The molecule has 2 N–H and O–H groups in total. The fourth-order valence-corrected chi connectivity index (χ4v) is 2.32. The first-order valence-electron chi connectivity index (χ1n) is 8.97. The van der Waals surface area contributed by atoms with Crippen LogP contribution < -0.4 is 15.4 Å². The summed E-state index contributed by atoms with van der Waals surface area (Å²) in [5.41, 5.74) is -0.185. The van der Waals surface area contributed by atoms with Crippen LogP contribution in [-0.4, -0.2) is 29.2 Å². The molecule has 9 heteroatoms. The summed E-state index contributed by atoms with van der Waals surface area (Å²) in [5, 5.41) is 5.21. The molecule has 2 rings (SSSR count). The van der Waals surface area contributed by atoms with Crippen LogP contribution in [-0.2, 0) is 12.6 Å². The first kappa shape index (κ1) is 21.5. The highest BCUT2D eigenvalue weighted by molar-refractivity contribution is 5.89. The molecule has 0 saturated heterocycles. The molecule has 0 bridgehead atoms. The minimum atomic E-state index is -4.53. The number of unbranched alkanes of at least 4 members (excludes halogenated alkanes) is 1. The first-order valence-corrected chi connectivity index (χ1v) is 8.97. The summed E-state index contributed by atoms with van der Waals surface area (Å²) in [6, 6.07) is 7.34. The highest BCUT2D eigenvalue weighted by Gasteiger charge is 2.33. The van der Waals surface area contributed by atoms with Gasteiger partial charge in [0.2, 0.25) is 0 Å². The van der Waals surface area contributed by atoms with E-state index in [0.717, 1.165) is 24.7 Å². The molecule has 0 radical (unpaired) electrons. The van der Waals surface area contributed by atoms with Crippen molar-refractivity contribution in [2.45, 2.75) is 39.3 Å². The number of halogens is 3. The van der Waals surface area contributed by atoms with Crippen LogP contribution in [0.2, 0.25) is 0 Å². The number of hydrogen-bond acceptors (Lipinski definition) is 4. The van der Waals surface area contributed by atoms with Gasteiger partial charge in [0.25, 0.3) is 0 Å². The Labute approximate surface area is 161 Å². The number of aryl methyl sites for hydroxylation is 1. The monoisotopic (exact) mass is 396 g/mol. The maximum Gasteiger partial charge on any atom is 0.433 e. The average molecular weight is 396 g/mol. The number of urea groups is 1. The number of aromatic nitrogens is 2. The van der Waals surface area contributed by atoms with Crippen LogP contribution in [0.15, 0.2) is 30.3 Å². The van der Waals surface area contributed by atoms with Crippen molar-refractivity contribution in [3.63, 3.8) is 0 Å². The Bertz CT molecular complexity index is 780. The zero-order valence-corrected chi connectivity index (χ0v) is 15.8. The third-order valence-corrected chi connectivity index (χ3v) is 3.70. The Morgan fingerprint density at radius 3 is 2.54 bits per heavy atom. The predicted molar refractivity (Wildman–Crippen MR) is 99.3 cm³/mol. The fourth-order valence-electron chi connectivity index (χ4n) is 2.32. The summed E-state index contributed by atoms with van der Waals surface area (Å²) in [7, 11) is 0. The number of nitrogens with zero attached hydrogens (tertiary/aromatic N) is 2. The standard InChI is InChI=1S/C19H23F3N4O2/c1-3-4-11-28-15-7-5-14(6-8-15)25-18(27)23-10-9-17-24-13(2)12-16(26-17)19(20,21)22/h5-8,12H,3-4,9-11H2,1-2H3,(H2,23,25,27). The van der Waals surface area contributed by atoms with Crippen LogP contribution in [0.1, 0.15) is 37.0 Å². The van der Waals surface area contributed by atoms with Gasteiger partial charge in [-0.25, -0.2) is 14.8 Å². The molecule has 2 aromatic rings. The second kappa shape index (κ2) is 9.91. The quantitative estimate of drug-likeness (QED) is 0.651. The zero-order valence-electron chi connectivity index (χ0n) is 15.8. The summed E-state index contributed by atoms with van der Waals surface area (Å²) < 4.78 is 43.9. The van der Waals surface area contributed by atoms with Crippen molar-refractivity contribution >= 4 is 11.7 Å². The predicted octanol–water partition coefficient (Wildman–Crippen LogP) is 4.35. The van der Waals surface area contributed by atoms with E-state index in [0.29, 0.717) is 12.3 Å². The molecule has 0 spiro atoms. The van der Waals surface area contributed by atoms with Crippen LogP contribution in [0.25, 0.3) is 0 Å². The van der Waals surface area contributed by atoms with Crippen molar-refractivity contribution in [2.75, 3.05) is 18.5 Å². The molecule has 1 aromatic heterocycles. The molecule has 2 amide bonds. The van der Waals surface area contributed by atoms with Gasteiger partial charge in [-0.1, -0.05) is 13.3 Å². The molecule has 1 heterocycles. The minimum Gasteiger partial charge on any atom is -0.494 e. The second-order valence-electron chi connectivity index (χ2n) is 6.17. The van der Waals surface area contributed by atoms with Gasteiger partial charge >= 0.3 is 12.2 Å². The van der Waals surface area contributed by atoms with Crippen LogP contribution in [0, 0.1) is 6.92 Å². The number of carbonyl (C=O) groups excluding carboxylic acids is 1. The van der Waals surface area contributed by atoms with Crippen molar-refractivity contribution < 1.29 is 22.7 Å². The van der Waals surface area contributed by atoms with Crippen molar-refractivity contribution in [3.05, 3.63) is 47.5 Å². The number of benzene rings is 1. The molecule has 0 aliphatic carbocycles. The van der Waals surface area contributed by atoms with E-state index in [1.165, 1.54) is 6.92 Å². The van der Waals surface area contributed by atoms with Gasteiger partial charge in [-0.2, -0.15) is 13.2 Å². The minimum absolute atomic E-state index is 0.0289. The van der Waals surface area contributed by atoms with Gasteiger partial charge in [0.1, 0.15) is 17.3 Å². The van der Waals surface area contributed by atoms with Crippen molar-refractivity contribution in [1.29, 1.82) is 0 Å². The van der Waals surface area contributed by atoms with E-state index < -0.39 is 17.9 Å². The number of ether oxygens (including phenoxy) is 1. The molecule has 0 aliphatic heterocycles. The molecular formula is C19H23F3N4O2. The maximum absolute atomic E-state index is 12.8. The van der Waals surface area contributed by atoms with Gasteiger partial charge in [-0.05, 0) is 43.7 Å². The lowest BCUT2D eigenvalue weighted by molar-refractivity contribution is -0.141. The molecule has 0 aliphatic rings. The van der Waals surface area contributed by atoms with E-state index in [1.54, 1.807) is 24.3 Å². The molecular weight excluding hydrogens is 373 g/mol. The normalized spacial score (nSPS) is 11.2. The molecule has 1 aromatic carbocycles. The lowest BCUT2D eigenvalue weighted by atomic mass is 10.3. The van der Waals surface area contributed by atoms with Gasteiger partial charge < -0.3 is 15.4 Å². The van der Waals surface area contributed by atoms with Crippen molar-refractivity contribution in [1.82, 2.24) is 15.3 Å². The van der Waals surface area contributed by atoms with Crippen LogP contribution >= 0.6 is 0 Å². The first-order chi connectivity index (χ1) is 13.3. The Kier molecular flexibility index (Phi) is 7.60. The fraction of sp³-hybridized carbons (Fsp3) is 0.421. The summed E-state index contributed by atoms with van der Waals surface area (Å²) >= 11 is 0. The second-order valence-corrected chi connectivity index (χ2v) is 6.17. The topological polar surface area (TPSA) is 76.1 Å². The lowest BCUT2D eigenvalue weighted by Crippen LogP contribution is -2.30. The number of alkyl halides is 3. The highest BCUT2D eigenvalue weighted by atomic mass is 19.4. The molecule has 152 valence electrons. The zero-order chi connectivity index (χ0) is 20.6. The summed E-state index contributed by atoms with van der Waals surface area (Å²) in [4.78, 5) is 19.4. The third-order valence-electron chi connectivity index (χ3n) is 3.70. The average Bonchev–Trinajstić information content (AvgIpc) is 2.62. The number of amides is 2. The number of anilines is 1. The van der Waals surface area contributed by atoms with E-state index in [1.807, 2.05) is 0 Å². The Hall–Kier alpha value is -2.84. The number of hydrogen-bond donors (Lipinski definition) is 2. The largest absolute Gasteiger partial charge is 0.494 e. The molecule has 6 nitrogen and oxygen atoms in total. The van der Waals surface area contributed by atoms with E-state index >= 15 is 0 Å². The smallest absolute Gasteiger partial charge is 0.433 e. The Morgan fingerprint density at radius 1 is 1.18 bits per heavy atom. The molecule has 0 fully saturated rings. The van der Waals surface area contributed by atoms with Crippen LogP contribution in [0.4, 0.5) is 23.7 Å². The maximum atomic E-state index is 12.8. The Morgan fingerprint density at radius 2 is 1.89 bits per heavy atom. The molecule has 0 atom stereocenters. The van der Waals surface area contributed by atoms with Gasteiger partial charge in [-0.15, -0.1) is 0 Å². The Balaban J connectivity index is 1.81. The van der Waals surface area contributed by atoms with Gasteiger partial charge in [0, 0.05) is 24.3 Å². The van der Waals surface area contributed by atoms with E-state index in [9.17, 15) is 18.0 Å². The number of nitrogens with one attached hydrogen (secondary N) is 2. The van der Waals surface area contributed by atoms with Gasteiger partial charge in [0.05, 0.1) is 6.61 Å². The lowest BCUT2D eigenvalue weighted by Gasteiger charge is -2.10. The molecule has 0 saturated carbocycles. The van der Waals surface area contributed by atoms with E-state index in [-0.39, 0.29) is 24.5 Å².